The summed E-state index contributed by atoms with van der Waals surface area (Å²) < 4.78 is 3.70. The summed E-state index contributed by atoms with van der Waals surface area (Å²) in [7, 11) is 1.86. The number of thiophene rings is 1. The molecule has 7 heteroatoms. The molecule has 0 aliphatic rings. The van der Waals surface area contributed by atoms with Crippen LogP contribution in [0.25, 0.3) is 26.3 Å². The summed E-state index contributed by atoms with van der Waals surface area (Å²) in [6.45, 7) is 3.82. The van der Waals surface area contributed by atoms with E-state index in [1.54, 1.807) is 9.25 Å². The molecule has 3 heterocycles. The first kappa shape index (κ1) is 16.0. The number of hydrogen-bond acceptors (Lipinski definition) is 4. The fraction of sp³-hybridized carbons (Fsp3) is 0.167. The first-order valence-electron chi connectivity index (χ1n) is 7.82. The van der Waals surface area contributed by atoms with Crippen molar-refractivity contribution in [3.8, 4) is 16.1 Å². The third-order valence-corrected chi connectivity index (χ3v) is 5.73. The van der Waals surface area contributed by atoms with Gasteiger partial charge in [0.05, 0.1) is 22.5 Å². The van der Waals surface area contributed by atoms with Gasteiger partial charge in [-0.05, 0) is 37.7 Å². The molecule has 1 N–H and O–H groups in total. The number of hydrogen-bond donors (Lipinski definition) is 1. The van der Waals surface area contributed by atoms with E-state index in [2.05, 4.69) is 10.1 Å². The Morgan fingerprint density at radius 2 is 1.92 bits per heavy atom. The van der Waals surface area contributed by atoms with Gasteiger partial charge in [0.1, 0.15) is 4.83 Å². The van der Waals surface area contributed by atoms with Gasteiger partial charge in [-0.15, -0.1) is 11.3 Å². The van der Waals surface area contributed by atoms with Crippen LogP contribution >= 0.6 is 23.6 Å². The van der Waals surface area contributed by atoms with Gasteiger partial charge in [-0.25, -0.2) is 4.57 Å². The fourth-order valence-electron chi connectivity index (χ4n) is 3.04. The minimum atomic E-state index is -0.114. The van der Waals surface area contributed by atoms with Crippen LogP contribution in [0.15, 0.2) is 41.2 Å². The maximum absolute atomic E-state index is 13.2. The van der Waals surface area contributed by atoms with Crippen molar-refractivity contribution in [2.75, 3.05) is 0 Å². The van der Waals surface area contributed by atoms with E-state index in [0.717, 1.165) is 32.3 Å². The van der Waals surface area contributed by atoms with Gasteiger partial charge < -0.3 is 4.98 Å². The Kier molecular flexibility index (Phi) is 3.70. The molecule has 0 aliphatic heterocycles. The number of nitrogens with zero attached hydrogens (tertiary/aromatic N) is 3. The molecule has 0 atom stereocenters. The maximum atomic E-state index is 13.2. The molecule has 0 radical (unpaired) electrons. The van der Waals surface area contributed by atoms with Gasteiger partial charge >= 0.3 is 0 Å². The van der Waals surface area contributed by atoms with Crippen LogP contribution in [0.4, 0.5) is 0 Å². The quantitative estimate of drug-likeness (QED) is 0.541. The summed E-state index contributed by atoms with van der Waals surface area (Å²) >= 11 is 7.02. The van der Waals surface area contributed by atoms with Gasteiger partial charge in [0.2, 0.25) is 0 Å². The lowest BCUT2D eigenvalue weighted by Crippen LogP contribution is -2.21. The molecule has 0 spiro atoms. The molecular formula is C18H16N4OS2. The van der Waals surface area contributed by atoms with Crippen LogP contribution in [0, 0.1) is 18.6 Å². The smallest absolute Gasteiger partial charge is 0.267 e. The largest absolute Gasteiger partial charge is 0.323 e. The second-order valence-electron chi connectivity index (χ2n) is 5.93. The third kappa shape index (κ3) is 2.47. The zero-order valence-corrected chi connectivity index (χ0v) is 15.7. The Balaban J connectivity index is 2.02. The lowest BCUT2D eigenvalue weighted by Gasteiger charge is -2.06. The standard InChI is InChI=1S/C18H16N4OS2/c1-10-15(11(2)21(3)20-10)22-17(23)13-9-14(12-7-5-4-6-8-12)25-16(13)19-18(22)24/h4-9H,1-3H3,(H,19,24). The number of nitrogens with one attached hydrogen (secondary N) is 1. The van der Waals surface area contributed by atoms with Crippen LogP contribution in [0.2, 0.25) is 0 Å². The molecule has 25 heavy (non-hydrogen) atoms. The van der Waals surface area contributed by atoms with Gasteiger partial charge in [0, 0.05) is 11.9 Å². The van der Waals surface area contributed by atoms with Crippen molar-refractivity contribution in [1.29, 1.82) is 0 Å². The van der Waals surface area contributed by atoms with Gasteiger partial charge in [-0.1, -0.05) is 30.3 Å². The van der Waals surface area contributed by atoms with Gasteiger partial charge in [0.25, 0.3) is 5.56 Å². The van der Waals surface area contributed by atoms with Crippen molar-refractivity contribution in [3.05, 3.63) is 62.9 Å². The first-order valence-corrected chi connectivity index (χ1v) is 9.04. The fourth-order valence-corrected chi connectivity index (χ4v) is 4.44. The number of aromatic nitrogens is 4. The Labute approximate surface area is 153 Å². The van der Waals surface area contributed by atoms with Crippen molar-refractivity contribution in [2.24, 2.45) is 7.05 Å². The monoisotopic (exact) mass is 368 g/mol. The number of H-pyrrole nitrogens is 1. The van der Waals surface area contributed by atoms with E-state index in [9.17, 15) is 4.79 Å². The number of aromatic amines is 1. The number of aryl methyl sites for hydroxylation is 2. The molecular weight excluding hydrogens is 352 g/mol. The molecule has 0 amide bonds. The molecule has 0 saturated heterocycles. The highest BCUT2D eigenvalue weighted by molar-refractivity contribution is 7.71. The molecule has 4 rings (SSSR count). The molecule has 3 aromatic heterocycles. The van der Waals surface area contributed by atoms with E-state index >= 15 is 0 Å². The second-order valence-corrected chi connectivity index (χ2v) is 7.37. The highest BCUT2D eigenvalue weighted by atomic mass is 32.1. The van der Waals surface area contributed by atoms with Crippen molar-refractivity contribution in [2.45, 2.75) is 13.8 Å². The van der Waals surface area contributed by atoms with Crippen LogP contribution < -0.4 is 5.56 Å². The van der Waals surface area contributed by atoms with E-state index < -0.39 is 0 Å². The van der Waals surface area contributed by atoms with Crippen molar-refractivity contribution in [1.82, 2.24) is 19.3 Å². The van der Waals surface area contributed by atoms with Crippen LogP contribution in [-0.2, 0) is 7.05 Å². The summed E-state index contributed by atoms with van der Waals surface area (Å²) in [4.78, 5) is 18.2. The van der Waals surface area contributed by atoms with Crippen LogP contribution in [0.1, 0.15) is 11.4 Å². The van der Waals surface area contributed by atoms with E-state index in [1.165, 1.54) is 11.3 Å². The molecule has 0 aliphatic carbocycles. The minimum Gasteiger partial charge on any atom is -0.323 e. The Hall–Kier alpha value is -2.51. The Morgan fingerprint density at radius 3 is 2.56 bits per heavy atom. The first-order chi connectivity index (χ1) is 12.0. The zero-order valence-electron chi connectivity index (χ0n) is 14.0. The Bertz CT molecular complexity index is 1210. The summed E-state index contributed by atoms with van der Waals surface area (Å²) in [5.74, 6) is 0. The summed E-state index contributed by atoms with van der Waals surface area (Å²) in [5.41, 5.74) is 3.40. The van der Waals surface area contributed by atoms with Crippen molar-refractivity contribution in [3.63, 3.8) is 0 Å². The molecule has 1 aromatic carbocycles. The summed E-state index contributed by atoms with van der Waals surface area (Å²) in [5, 5.41) is 5.04. The van der Waals surface area contributed by atoms with E-state index in [-0.39, 0.29) is 5.56 Å². The van der Waals surface area contributed by atoms with Crippen molar-refractivity contribution >= 4 is 33.8 Å². The molecule has 126 valence electrons. The predicted octanol–water partition coefficient (Wildman–Crippen LogP) is 4.13. The number of benzene rings is 1. The normalized spacial score (nSPS) is 11.3. The average Bonchev–Trinajstić information content (AvgIpc) is 3.12. The van der Waals surface area contributed by atoms with Crippen LogP contribution in [-0.4, -0.2) is 19.3 Å². The molecule has 4 aromatic rings. The molecule has 0 unspecified atom stereocenters. The van der Waals surface area contributed by atoms with Gasteiger partial charge in [-0.2, -0.15) is 5.10 Å². The number of fused-ring (bicyclic) bond motifs is 1. The molecule has 0 saturated carbocycles. The predicted molar refractivity (Wildman–Crippen MR) is 104 cm³/mol. The molecule has 5 nitrogen and oxygen atoms in total. The topological polar surface area (TPSA) is 55.6 Å². The number of rotatable bonds is 2. The highest BCUT2D eigenvalue weighted by Gasteiger charge is 2.17. The van der Waals surface area contributed by atoms with Gasteiger partial charge in [-0.3, -0.25) is 9.48 Å². The molecule has 0 fully saturated rings. The second kappa shape index (κ2) is 5.79. The highest BCUT2D eigenvalue weighted by Crippen LogP contribution is 2.31. The van der Waals surface area contributed by atoms with E-state index in [1.807, 2.05) is 57.3 Å². The SMILES string of the molecule is Cc1nn(C)c(C)c1-n1c(=S)[nH]c2sc(-c3ccccc3)cc2c1=O. The maximum Gasteiger partial charge on any atom is 0.267 e. The average molecular weight is 368 g/mol. The van der Waals surface area contributed by atoms with E-state index in [0.29, 0.717) is 10.2 Å². The minimum absolute atomic E-state index is 0.114. The Morgan fingerprint density at radius 1 is 1.20 bits per heavy atom. The lowest BCUT2D eigenvalue weighted by molar-refractivity contribution is 0.730. The summed E-state index contributed by atoms with van der Waals surface area (Å²) in [6, 6.07) is 12.0. The summed E-state index contributed by atoms with van der Waals surface area (Å²) in [6.07, 6.45) is 0. The lowest BCUT2D eigenvalue weighted by atomic mass is 10.2. The van der Waals surface area contributed by atoms with Crippen LogP contribution in [0.3, 0.4) is 0 Å². The van der Waals surface area contributed by atoms with Crippen molar-refractivity contribution < 1.29 is 0 Å². The van der Waals surface area contributed by atoms with E-state index in [4.69, 9.17) is 12.2 Å². The molecule has 0 bridgehead atoms. The zero-order chi connectivity index (χ0) is 17.7. The van der Waals surface area contributed by atoms with Crippen LogP contribution in [0.5, 0.6) is 0 Å². The van der Waals surface area contributed by atoms with Gasteiger partial charge in [0.15, 0.2) is 4.77 Å². The third-order valence-electron chi connectivity index (χ3n) is 4.34.